The van der Waals surface area contributed by atoms with Crippen LogP contribution in [0.4, 0.5) is 0 Å². The summed E-state index contributed by atoms with van der Waals surface area (Å²) >= 11 is 8.39. The first-order valence-corrected chi connectivity index (χ1v) is 8.52. The van der Waals surface area contributed by atoms with E-state index in [4.69, 9.17) is 11.6 Å². The molecule has 1 aliphatic heterocycles. The van der Waals surface area contributed by atoms with Gasteiger partial charge in [-0.25, -0.2) is 9.97 Å². The van der Waals surface area contributed by atoms with Crippen molar-refractivity contribution in [1.29, 1.82) is 0 Å². The van der Waals surface area contributed by atoms with Crippen LogP contribution in [0.2, 0.25) is 0 Å². The number of nitrogens with zero attached hydrogens (tertiary/aromatic N) is 3. The molecule has 20 heavy (non-hydrogen) atoms. The third-order valence-corrected chi connectivity index (χ3v) is 5.63. The van der Waals surface area contributed by atoms with Gasteiger partial charge in [0.25, 0.3) is 0 Å². The Kier molecular flexibility index (Phi) is 3.71. The van der Waals surface area contributed by atoms with E-state index in [-0.39, 0.29) is 10.1 Å². The average molecular weight is 310 g/mol. The van der Waals surface area contributed by atoms with Crippen molar-refractivity contribution in [3.8, 4) is 0 Å². The molecule has 0 aliphatic carbocycles. The first kappa shape index (κ1) is 14.2. The monoisotopic (exact) mass is 309 g/mol. The summed E-state index contributed by atoms with van der Waals surface area (Å²) in [6, 6.07) is 4.05. The molecule has 1 aliphatic rings. The van der Waals surface area contributed by atoms with Crippen molar-refractivity contribution in [1.82, 2.24) is 14.5 Å². The van der Waals surface area contributed by atoms with Gasteiger partial charge in [-0.1, -0.05) is 0 Å². The van der Waals surface area contributed by atoms with Crippen LogP contribution in [0, 0.1) is 6.92 Å². The molecule has 0 spiro atoms. The predicted octanol–water partition coefficient (Wildman–Crippen LogP) is 4.33. The largest absolute Gasteiger partial charge is 0.310 e. The number of hydrogen-bond acceptors (Lipinski definition) is 3. The molecule has 0 N–H and O–H groups in total. The van der Waals surface area contributed by atoms with Gasteiger partial charge in [-0.2, -0.15) is 11.8 Å². The van der Waals surface area contributed by atoms with Gasteiger partial charge in [0.1, 0.15) is 11.3 Å². The van der Waals surface area contributed by atoms with Crippen LogP contribution in [0.15, 0.2) is 12.1 Å². The summed E-state index contributed by atoms with van der Waals surface area (Å²) in [5, 5.41) is -0.0977. The maximum atomic E-state index is 6.33. The third kappa shape index (κ3) is 2.56. The molecule has 2 atom stereocenters. The molecule has 3 nitrogen and oxygen atoms in total. The van der Waals surface area contributed by atoms with Crippen LogP contribution < -0.4 is 0 Å². The summed E-state index contributed by atoms with van der Waals surface area (Å²) in [6.07, 6.45) is 2.55. The van der Waals surface area contributed by atoms with Crippen LogP contribution in [0.5, 0.6) is 0 Å². The fraction of sp³-hybridized carbons (Fsp3) is 0.600. The van der Waals surface area contributed by atoms with Crippen molar-refractivity contribution in [2.75, 3.05) is 5.75 Å². The van der Waals surface area contributed by atoms with Crippen molar-refractivity contribution < 1.29 is 0 Å². The van der Waals surface area contributed by atoms with Crippen molar-refractivity contribution in [3.63, 3.8) is 0 Å². The first-order valence-electron chi connectivity index (χ1n) is 7.10. The molecule has 0 bridgehead atoms. The van der Waals surface area contributed by atoms with E-state index in [1.165, 1.54) is 18.6 Å². The maximum absolute atomic E-state index is 6.33. The summed E-state index contributed by atoms with van der Waals surface area (Å²) in [6.45, 7) is 7.29. The second-order valence-corrected chi connectivity index (χ2v) is 8.21. The van der Waals surface area contributed by atoms with Gasteiger partial charge >= 0.3 is 0 Å². The fourth-order valence-corrected chi connectivity index (χ4v) is 4.33. The first-order chi connectivity index (χ1) is 9.48. The number of fused-ring (bicyclic) bond motifs is 1. The maximum Gasteiger partial charge on any atom is 0.160 e. The van der Waals surface area contributed by atoms with Crippen molar-refractivity contribution >= 4 is 34.5 Å². The summed E-state index contributed by atoms with van der Waals surface area (Å²) < 4.78 is 2.51. The van der Waals surface area contributed by atoms with Crippen LogP contribution in [-0.4, -0.2) is 25.0 Å². The van der Waals surface area contributed by atoms with E-state index < -0.39 is 0 Å². The van der Waals surface area contributed by atoms with Gasteiger partial charge in [0.15, 0.2) is 5.65 Å². The molecule has 3 rings (SSSR count). The van der Waals surface area contributed by atoms with Gasteiger partial charge < -0.3 is 4.57 Å². The minimum Gasteiger partial charge on any atom is -0.310 e. The number of halogens is 1. The third-order valence-electron chi connectivity index (χ3n) is 3.91. The van der Waals surface area contributed by atoms with E-state index in [1.54, 1.807) is 0 Å². The number of thioether (sulfide) groups is 1. The standard InChI is InChI=1S/C15H20ClN3S/c1-10-5-6-12-14(17-10)19(13(18-12)11(2)16)9-15(3)7-4-8-20-15/h5-6,11H,4,7-9H2,1-3H3. The molecule has 0 amide bonds. The Balaban J connectivity index is 2.10. The van der Waals surface area contributed by atoms with Gasteiger partial charge in [-0.15, -0.1) is 11.6 Å². The quantitative estimate of drug-likeness (QED) is 0.791. The fourth-order valence-electron chi connectivity index (χ4n) is 2.87. The molecular formula is C15H20ClN3S. The zero-order chi connectivity index (χ0) is 14.3. The number of aromatic nitrogens is 3. The highest BCUT2D eigenvalue weighted by Crippen LogP contribution is 2.40. The molecule has 2 aromatic rings. The normalized spacial score (nSPS) is 24.4. The number of pyridine rings is 1. The molecule has 5 heteroatoms. The molecule has 0 saturated carbocycles. The number of rotatable bonds is 3. The van der Waals surface area contributed by atoms with Crippen LogP contribution in [0.3, 0.4) is 0 Å². The van der Waals surface area contributed by atoms with Crippen LogP contribution in [0.25, 0.3) is 11.2 Å². The Hall–Kier alpha value is -0.740. The Morgan fingerprint density at radius 1 is 1.45 bits per heavy atom. The van der Waals surface area contributed by atoms with Crippen molar-refractivity contribution in [2.24, 2.45) is 0 Å². The number of imidazole rings is 1. The molecule has 2 aromatic heterocycles. The Bertz CT molecular complexity index is 629. The molecule has 3 heterocycles. The second-order valence-electron chi connectivity index (χ2n) is 5.87. The Labute approximate surface area is 129 Å². The highest BCUT2D eigenvalue weighted by molar-refractivity contribution is 8.00. The lowest BCUT2D eigenvalue weighted by atomic mass is 10.1. The molecule has 1 fully saturated rings. The lowest BCUT2D eigenvalue weighted by molar-refractivity contribution is 0.503. The van der Waals surface area contributed by atoms with E-state index in [0.29, 0.717) is 0 Å². The minimum atomic E-state index is -0.0977. The average Bonchev–Trinajstić information content (AvgIpc) is 2.95. The van der Waals surface area contributed by atoms with E-state index in [0.717, 1.165) is 29.2 Å². The summed E-state index contributed by atoms with van der Waals surface area (Å²) in [4.78, 5) is 9.37. The van der Waals surface area contributed by atoms with Crippen LogP contribution in [0.1, 0.15) is 43.6 Å². The summed E-state index contributed by atoms with van der Waals surface area (Å²) in [5.41, 5.74) is 2.95. The highest BCUT2D eigenvalue weighted by atomic mass is 35.5. The minimum absolute atomic E-state index is 0.0977. The number of aryl methyl sites for hydroxylation is 1. The molecular weight excluding hydrogens is 290 g/mol. The van der Waals surface area contributed by atoms with Crippen molar-refractivity contribution in [3.05, 3.63) is 23.7 Å². The highest BCUT2D eigenvalue weighted by Gasteiger charge is 2.32. The second kappa shape index (κ2) is 5.23. The molecule has 2 unspecified atom stereocenters. The van der Waals surface area contributed by atoms with Crippen LogP contribution >= 0.6 is 23.4 Å². The van der Waals surface area contributed by atoms with Gasteiger partial charge in [0.2, 0.25) is 0 Å². The van der Waals surface area contributed by atoms with Gasteiger partial charge in [0, 0.05) is 17.0 Å². The summed E-state index contributed by atoms with van der Waals surface area (Å²) in [7, 11) is 0. The van der Waals surface area contributed by atoms with Gasteiger partial charge in [0.05, 0.1) is 5.38 Å². The SMILES string of the molecule is Cc1ccc2nc(C(C)Cl)n(CC3(C)CCCS3)c2n1. The van der Waals surface area contributed by atoms with Crippen molar-refractivity contribution in [2.45, 2.75) is 50.3 Å². The van der Waals surface area contributed by atoms with E-state index in [1.807, 2.05) is 26.0 Å². The zero-order valence-electron chi connectivity index (χ0n) is 12.2. The van der Waals surface area contributed by atoms with E-state index in [2.05, 4.69) is 33.2 Å². The van der Waals surface area contributed by atoms with Gasteiger partial charge in [-0.3, -0.25) is 0 Å². The lowest BCUT2D eigenvalue weighted by Gasteiger charge is -2.24. The Morgan fingerprint density at radius 2 is 2.25 bits per heavy atom. The summed E-state index contributed by atoms with van der Waals surface area (Å²) in [5.74, 6) is 2.19. The smallest absolute Gasteiger partial charge is 0.160 e. The van der Waals surface area contributed by atoms with E-state index in [9.17, 15) is 0 Å². The predicted molar refractivity (Wildman–Crippen MR) is 86.6 cm³/mol. The molecule has 0 radical (unpaired) electrons. The van der Waals surface area contributed by atoms with Crippen LogP contribution in [-0.2, 0) is 6.54 Å². The molecule has 1 saturated heterocycles. The van der Waals surface area contributed by atoms with Gasteiger partial charge in [-0.05, 0) is 51.5 Å². The zero-order valence-corrected chi connectivity index (χ0v) is 13.8. The van der Waals surface area contributed by atoms with E-state index >= 15 is 0 Å². The number of alkyl halides is 1. The topological polar surface area (TPSA) is 30.7 Å². The number of hydrogen-bond donors (Lipinski definition) is 0. The lowest BCUT2D eigenvalue weighted by Crippen LogP contribution is -2.25. The molecule has 0 aromatic carbocycles. The Morgan fingerprint density at radius 3 is 2.90 bits per heavy atom. The molecule has 108 valence electrons.